The Morgan fingerprint density at radius 1 is 0.963 bits per heavy atom. The van der Waals surface area contributed by atoms with Gasteiger partial charge in [0.15, 0.2) is 6.61 Å². The van der Waals surface area contributed by atoms with Crippen molar-refractivity contribution in [1.29, 1.82) is 0 Å². The number of ether oxygens (including phenoxy) is 1. The number of carbonyl (C=O) groups excluding carboxylic acids is 1. The number of anilines is 3. The van der Waals surface area contributed by atoms with Gasteiger partial charge in [0.05, 0.1) is 16.4 Å². The van der Waals surface area contributed by atoms with Crippen LogP contribution in [0.1, 0.15) is 5.56 Å². The fraction of sp³-hybridized carbons (Fsp3) is 0.0952. The number of para-hydroxylation sites is 2. The van der Waals surface area contributed by atoms with Crippen molar-refractivity contribution < 1.29 is 9.53 Å². The first-order valence-electron chi connectivity index (χ1n) is 8.32. The number of aryl methyl sites for hydroxylation is 1. The minimum Gasteiger partial charge on any atom is -0.482 e. The van der Waals surface area contributed by atoms with Crippen molar-refractivity contribution in [3.05, 3.63) is 82.3 Å². The van der Waals surface area contributed by atoms with Crippen LogP contribution in [0.25, 0.3) is 0 Å². The van der Waals surface area contributed by atoms with Crippen molar-refractivity contribution in [2.24, 2.45) is 0 Å². The van der Waals surface area contributed by atoms with Crippen LogP contribution in [-0.4, -0.2) is 12.5 Å². The largest absolute Gasteiger partial charge is 0.482 e. The van der Waals surface area contributed by atoms with E-state index in [2.05, 4.69) is 10.6 Å². The van der Waals surface area contributed by atoms with Gasteiger partial charge in [-0.15, -0.1) is 0 Å². The summed E-state index contributed by atoms with van der Waals surface area (Å²) in [5.74, 6) is 0.0644. The van der Waals surface area contributed by atoms with Crippen LogP contribution in [0.5, 0.6) is 5.75 Å². The SMILES string of the molecule is Cc1ccc(Nc2ccccc2NC(=O)COc2cc(Cl)ccc2Cl)cc1. The maximum absolute atomic E-state index is 12.3. The van der Waals surface area contributed by atoms with E-state index in [0.29, 0.717) is 21.5 Å². The molecular formula is C21H18Cl2N2O2. The summed E-state index contributed by atoms with van der Waals surface area (Å²) in [7, 11) is 0. The Morgan fingerprint density at radius 3 is 2.41 bits per heavy atom. The Bertz CT molecular complexity index is 943. The summed E-state index contributed by atoms with van der Waals surface area (Å²) in [6, 6.07) is 20.3. The van der Waals surface area contributed by atoms with Crippen LogP contribution in [0.4, 0.5) is 17.1 Å². The first-order valence-corrected chi connectivity index (χ1v) is 9.07. The van der Waals surface area contributed by atoms with Crippen LogP contribution in [0, 0.1) is 6.92 Å². The smallest absolute Gasteiger partial charge is 0.262 e. The highest BCUT2D eigenvalue weighted by molar-refractivity contribution is 6.34. The number of hydrogen-bond donors (Lipinski definition) is 2. The Labute approximate surface area is 168 Å². The standard InChI is InChI=1S/C21H18Cl2N2O2/c1-14-6-9-16(10-7-14)24-18-4-2-3-5-19(18)25-21(26)13-27-20-12-15(22)8-11-17(20)23/h2-12,24H,13H2,1H3,(H,25,26). The van der Waals surface area contributed by atoms with E-state index < -0.39 is 0 Å². The lowest BCUT2D eigenvalue weighted by Crippen LogP contribution is -2.20. The topological polar surface area (TPSA) is 50.4 Å². The van der Waals surface area contributed by atoms with Gasteiger partial charge in [-0.3, -0.25) is 4.79 Å². The zero-order chi connectivity index (χ0) is 19.2. The molecule has 0 spiro atoms. The summed E-state index contributed by atoms with van der Waals surface area (Å²) >= 11 is 12.0. The van der Waals surface area contributed by atoms with E-state index >= 15 is 0 Å². The fourth-order valence-corrected chi connectivity index (χ4v) is 2.75. The number of benzene rings is 3. The molecule has 6 heteroatoms. The summed E-state index contributed by atoms with van der Waals surface area (Å²) < 4.78 is 5.47. The summed E-state index contributed by atoms with van der Waals surface area (Å²) in [6.45, 7) is 1.85. The quantitative estimate of drug-likeness (QED) is 0.528. The van der Waals surface area contributed by atoms with Gasteiger partial charge < -0.3 is 15.4 Å². The highest BCUT2D eigenvalue weighted by Crippen LogP contribution is 2.28. The molecule has 0 aliphatic heterocycles. The predicted molar refractivity (Wildman–Crippen MR) is 111 cm³/mol. The minimum atomic E-state index is -0.302. The molecule has 1 amide bonds. The third-order valence-electron chi connectivity index (χ3n) is 3.78. The zero-order valence-electron chi connectivity index (χ0n) is 14.6. The average molecular weight is 401 g/mol. The molecular weight excluding hydrogens is 383 g/mol. The van der Waals surface area contributed by atoms with Gasteiger partial charge in [0.1, 0.15) is 5.75 Å². The molecule has 4 nitrogen and oxygen atoms in total. The van der Waals surface area contributed by atoms with Crippen LogP contribution in [0.3, 0.4) is 0 Å². The molecule has 3 aromatic rings. The Morgan fingerprint density at radius 2 is 1.67 bits per heavy atom. The molecule has 0 aliphatic rings. The van der Waals surface area contributed by atoms with Gasteiger partial charge in [-0.1, -0.05) is 53.0 Å². The Kier molecular flexibility index (Phi) is 6.22. The second-order valence-corrected chi connectivity index (χ2v) is 6.79. The van der Waals surface area contributed by atoms with Crippen molar-refractivity contribution in [2.45, 2.75) is 6.92 Å². The fourth-order valence-electron chi connectivity index (χ4n) is 2.41. The zero-order valence-corrected chi connectivity index (χ0v) is 16.1. The van der Waals surface area contributed by atoms with E-state index in [-0.39, 0.29) is 12.5 Å². The normalized spacial score (nSPS) is 10.3. The molecule has 0 aromatic heterocycles. The van der Waals surface area contributed by atoms with Gasteiger partial charge in [0, 0.05) is 16.8 Å². The molecule has 3 rings (SSSR count). The molecule has 0 aliphatic carbocycles. The lowest BCUT2D eigenvalue weighted by Gasteiger charge is -2.14. The molecule has 0 atom stereocenters. The van der Waals surface area contributed by atoms with E-state index in [1.54, 1.807) is 18.2 Å². The predicted octanol–water partition coefficient (Wildman–Crippen LogP) is 6.06. The van der Waals surface area contributed by atoms with E-state index in [1.165, 1.54) is 5.56 Å². The van der Waals surface area contributed by atoms with Gasteiger partial charge in [0.2, 0.25) is 0 Å². The number of nitrogens with one attached hydrogen (secondary N) is 2. The first kappa shape index (κ1) is 19.1. The van der Waals surface area contributed by atoms with Crippen molar-refractivity contribution in [2.75, 3.05) is 17.2 Å². The minimum absolute atomic E-state index is 0.182. The number of carbonyl (C=O) groups is 1. The van der Waals surface area contributed by atoms with Gasteiger partial charge in [0.25, 0.3) is 5.91 Å². The lowest BCUT2D eigenvalue weighted by molar-refractivity contribution is -0.118. The van der Waals surface area contributed by atoms with E-state index in [9.17, 15) is 4.79 Å². The van der Waals surface area contributed by atoms with Crippen LogP contribution in [-0.2, 0) is 4.79 Å². The molecule has 3 aromatic carbocycles. The number of rotatable bonds is 6. The number of halogens is 2. The van der Waals surface area contributed by atoms with Crippen molar-refractivity contribution in [1.82, 2.24) is 0 Å². The summed E-state index contributed by atoms with van der Waals surface area (Å²) in [5, 5.41) is 7.03. The van der Waals surface area contributed by atoms with Crippen LogP contribution in [0.15, 0.2) is 66.7 Å². The molecule has 0 bridgehead atoms. The van der Waals surface area contributed by atoms with Crippen molar-refractivity contribution in [3.8, 4) is 5.75 Å². The Balaban J connectivity index is 1.65. The molecule has 0 unspecified atom stereocenters. The van der Waals surface area contributed by atoms with Crippen LogP contribution >= 0.6 is 23.2 Å². The van der Waals surface area contributed by atoms with Crippen LogP contribution < -0.4 is 15.4 Å². The maximum Gasteiger partial charge on any atom is 0.262 e. The maximum atomic E-state index is 12.3. The Hall–Kier alpha value is -2.69. The van der Waals surface area contributed by atoms with Gasteiger partial charge in [-0.25, -0.2) is 0 Å². The summed E-state index contributed by atoms with van der Waals surface area (Å²) in [6.07, 6.45) is 0. The van der Waals surface area contributed by atoms with E-state index in [0.717, 1.165) is 11.4 Å². The second-order valence-electron chi connectivity index (χ2n) is 5.95. The highest BCUT2D eigenvalue weighted by atomic mass is 35.5. The average Bonchev–Trinajstić information content (AvgIpc) is 2.66. The molecule has 2 N–H and O–H groups in total. The third-order valence-corrected chi connectivity index (χ3v) is 4.33. The molecule has 138 valence electrons. The molecule has 0 radical (unpaired) electrons. The molecule has 0 heterocycles. The molecule has 0 saturated carbocycles. The number of amides is 1. The molecule has 0 saturated heterocycles. The number of hydrogen-bond acceptors (Lipinski definition) is 3. The molecule has 27 heavy (non-hydrogen) atoms. The van der Waals surface area contributed by atoms with E-state index in [4.69, 9.17) is 27.9 Å². The summed E-state index contributed by atoms with van der Waals surface area (Å²) in [5.41, 5.74) is 3.56. The molecule has 0 fully saturated rings. The second kappa shape index (κ2) is 8.80. The highest BCUT2D eigenvalue weighted by Gasteiger charge is 2.10. The van der Waals surface area contributed by atoms with Crippen molar-refractivity contribution in [3.63, 3.8) is 0 Å². The van der Waals surface area contributed by atoms with Gasteiger partial charge in [-0.2, -0.15) is 0 Å². The van der Waals surface area contributed by atoms with Crippen LogP contribution in [0.2, 0.25) is 10.0 Å². The van der Waals surface area contributed by atoms with Gasteiger partial charge >= 0.3 is 0 Å². The van der Waals surface area contributed by atoms with E-state index in [1.807, 2.05) is 55.5 Å². The monoisotopic (exact) mass is 400 g/mol. The van der Waals surface area contributed by atoms with Gasteiger partial charge in [-0.05, 0) is 43.3 Å². The first-order chi connectivity index (χ1) is 13.0. The van der Waals surface area contributed by atoms with Crippen molar-refractivity contribution >= 4 is 46.2 Å². The lowest BCUT2D eigenvalue weighted by atomic mass is 10.2. The third kappa shape index (κ3) is 5.39. The summed E-state index contributed by atoms with van der Waals surface area (Å²) in [4.78, 5) is 12.3.